The smallest absolute Gasteiger partial charge is 0.335 e. The molecule has 8 nitrogen and oxygen atoms in total. The molecule has 0 aromatic heterocycles. The van der Waals surface area contributed by atoms with E-state index in [4.69, 9.17) is 34.8 Å². The monoisotopic (exact) mass is 653 g/mol. The van der Waals surface area contributed by atoms with Crippen molar-refractivity contribution in [3.63, 3.8) is 0 Å². The van der Waals surface area contributed by atoms with Crippen molar-refractivity contribution >= 4 is 87.7 Å². The Morgan fingerprint density at radius 2 is 1.51 bits per heavy atom. The van der Waals surface area contributed by atoms with Crippen LogP contribution in [-0.4, -0.2) is 34.6 Å². The average Bonchev–Trinajstić information content (AvgIpc) is 2.99. The highest BCUT2D eigenvalue weighted by atomic mass is 35.5. The molecule has 218 valence electrons. The fourth-order valence-electron chi connectivity index (χ4n) is 3.68. The van der Waals surface area contributed by atoms with Crippen LogP contribution in [0.3, 0.4) is 0 Å². The molecule has 4 rings (SSSR count). The van der Waals surface area contributed by atoms with E-state index in [1.54, 1.807) is 72.8 Å². The molecule has 3 amide bonds. The van der Waals surface area contributed by atoms with E-state index in [9.17, 15) is 24.3 Å². The second kappa shape index (κ2) is 14.8. The predicted octanol–water partition coefficient (Wildman–Crippen LogP) is 7.49. The first kappa shape index (κ1) is 31.7. The number of carboxylic acid groups (broad SMARTS) is 1. The molecule has 43 heavy (non-hydrogen) atoms. The summed E-state index contributed by atoms with van der Waals surface area (Å²) in [6.07, 6.45) is 1.43. The number of rotatable bonds is 10. The molecule has 0 saturated carbocycles. The molecule has 4 aromatic rings. The van der Waals surface area contributed by atoms with E-state index in [0.29, 0.717) is 21.7 Å². The van der Waals surface area contributed by atoms with Crippen molar-refractivity contribution in [1.82, 2.24) is 5.32 Å². The van der Waals surface area contributed by atoms with Crippen molar-refractivity contribution in [3.05, 3.63) is 128 Å². The Morgan fingerprint density at radius 1 is 0.767 bits per heavy atom. The molecular formula is C31H22Cl3N3O5S. The summed E-state index contributed by atoms with van der Waals surface area (Å²) in [5, 5.41) is 17.9. The van der Waals surface area contributed by atoms with Gasteiger partial charge in [-0.2, -0.15) is 0 Å². The Hall–Kier alpha value is -4.28. The van der Waals surface area contributed by atoms with Crippen LogP contribution in [0.15, 0.2) is 102 Å². The highest BCUT2D eigenvalue weighted by Gasteiger charge is 2.17. The number of thioether (sulfide) groups is 1. The zero-order chi connectivity index (χ0) is 30.9. The molecule has 0 aliphatic carbocycles. The van der Waals surface area contributed by atoms with Gasteiger partial charge < -0.3 is 21.1 Å². The average molecular weight is 655 g/mol. The Kier molecular flexibility index (Phi) is 10.9. The van der Waals surface area contributed by atoms with E-state index in [1.165, 1.54) is 36.0 Å². The van der Waals surface area contributed by atoms with Gasteiger partial charge in [0, 0.05) is 16.1 Å². The van der Waals surface area contributed by atoms with Crippen molar-refractivity contribution in [1.29, 1.82) is 0 Å². The van der Waals surface area contributed by atoms with E-state index in [0.717, 1.165) is 0 Å². The third-order valence-corrected chi connectivity index (χ3v) is 7.92. The van der Waals surface area contributed by atoms with Gasteiger partial charge in [-0.3, -0.25) is 14.4 Å². The number of nitrogens with one attached hydrogen (secondary N) is 3. The van der Waals surface area contributed by atoms with Crippen LogP contribution >= 0.6 is 46.6 Å². The summed E-state index contributed by atoms with van der Waals surface area (Å²) in [5.41, 5.74) is 1.29. The predicted molar refractivity (Wildman–Crippen MR) is 171 cm³/mol. The van der Waals surface area contributed by atoms with Gasteiger partial charge in [0.2, 0.25) is 5.91 Å². The Labute approximate surface area is 266 Å². The SMILES string of the molecule is O=C(CSc1cccc(NC(=O)/C(=C\c2cccc(Cl)c2Cl)NC(=O)c2ccccc2)c1)Nc1cc(C(=O)O)ccc1Cl. The molecule has 4 N–H and O–H groups in total. The van der Waals surface area contributed by atoms with E-state index in [1.807, 2.05) is 0 Å². The number of carbonyl (C=O) groups is 4. The molecule has 0 aliphatic rings. The fourth-order valence-corrected chi connectivity index (χ4v) is 4.96. The summed E-state index contributed by atoms with van der Waals surface area (Å²) in [7, 11) is 0. The van der Waals surface area contributed by atoms with Gasteiger partial charge in [-0.1, -0.05) is 71.2 Å². The molecule has 0 fully saturated rings. The molecule has 0 saturated heterocycles. The van der Waals surface area contributed by atoms with Crippen molar-refractivity contribution in [3.8, 4) is 0 Å². The zero-order valence-corrected chi connectivity index (χ0v) is 25.2. The van der Waals surface area contributed by atoms with E-state index >= 15 is 0 Å². The maximum absolute atomic E-state index is 13.4. The molecule has 0 bridgehead atoms. The maximum atomic E-state index is 13.4. The third kappa shape index (κ3) is 8.86. The van der Waals surface area contributed by atoms with Gasteiger partial charge in [0.1, 0.15) is 5.70 Å². The molecule has 4 aromatic carbocycles. The van der Waals surface area contributed by atoms with E-state index in [-0.39, 0.29) is 37.8 Å². The largest absolute Gasteiger partial charge is 0.478 e. The Morgan fingerprint density at radius 3 is 2.26 bits per heavy atom. The summed E-state index contributed by atoms with van der Waals surface area (Å²) in [5.74, 6) is -2.68. The van der Waals surface area contributed by atoms with Crippen LogP contribution in [0.25, 0.3) is 6.08 Å². The fraction of sp³-hybridized carbons (Fsp3) is 0.0323. The van der Waals surface area contributed by atoms with Crippen LogP contribution in [0.4, 0.5) is 11.4 Å². The van der Waals surface area contributed by atoms with Gasteiger partial charge >= 0.3 is 5.97 Å². The Balaban J connectivity index is 1.47. The van der Waals surface area contributed by atoms with E-state index < -0.39 is 23.7 Å². The van der Waals surface area contributed by atoms with Crippen LogP contribution in [0, 0.1) is 0 Å². The lowest BCUT2D eigenvalue weighted by Gasteiger charge is -2.13. The minimum absolute atomic E-state index is 0.0122. The zero-order valence-electron chi connectivity index (χ0n) is 22.1. The molecule has 0 heterocycles. The normalized spacial score (nSPS) is 11.0. The lowest BCUT2D eigenvalue weighted by atomic mass is 10.1. The third-order valence-electron chi connectivity index (χ3n) is 5.76. The first-order valence-electron chi connectivity index (χ1n) is 12.5. The van der Waals surface area contributed by atoms with E-state index in [2.05, 4.69) is 16.0 Å². The minimum Gasteiger partial charge on any atom is -0.478 e. The summed E-state index contributed by atoms with van der Waals surface area (Å²) < 4.78 is 0. The number of amides is 3. The molecule has 0 spiro atoms. The number of aromatic carboxylic acids is 1. The van der Waals surface area contributed by atoms with Crippen molar-refractivity contribution < 1.29 is 24.3 Å². The number of carboxylic acids is 1. The maximum Gasteiger partial charge on any atom is 0.335 e. The lowest BCUT2D eigenvalue weighted by Crippen LogP contribution is -2.30. The first-order valence-corrected chi connectivity index (χ1v) is 14.6. The molecule has 0 radical (unpaired) electrons. The minimum atomic E-state index is -1.14. The molecule has 0 aliphatic heterocycles. The second-order valence-corrected chi connectivity index (χ2v) is 11.1. The second-order valence-electron chi connectivity index (χ2n) is 8.84. The number of hydrogen-bond acceptors (Lipinski definition) is 5. The van der Waals surface area contributed by atoms with Crippen LogP contribution in [0.2, 0.25) is 15.1 Å². The van der Waals surface area contributed by atoms with Gasteiger partial charge in [0.05, 0.1) is 32.1 Å². The van der Waals surface area contributed by atoms with Gasteiger partial charge in [0.25, 0.3) is 11.8 Å². The Bertz CT molecular complexity index is 1730. The number of benzene rings is 4. The number of hydrogen-bond donors (Lipinski definition) is 4. The summed E-state index contributed by atoms with van der Waals surface area (Å²) in [4.78, 5) is 50.7. The molecule has 0 atom stereocenters. The number of carbonyl (C=O) groups excluding carboxylic acids is 3. The topological polar surface area (TPSA) is 125 Å². The van der Waals surface area contributed by atoms with Gasteiger partial charge in [0.15, 0.2) is 0 Å². The molecule has 12 heteroatoms. The summed E-state index contributed by atoms with van der Waals surface area (Å²) in [6.45, 7) is 0. The molecule has 0 unspecified atom stereocenters. The number of anilines is 2. The van der Waals surface area contributed by atoms with Crippen molar-refractivity contribution in [2.75, 3.05) is 16.4 Å². The van der Waals surface area contributed by atoms with Crippen LogP contribution in [0.1, 0.15) is 26.3 Å². The van der Waals surface area contributed by atoms with Crippen LogP contribution in [-0.2, 0) is 9.59 Å². The summed E-state index contributed by atoms with van der Waals surface area (Å²) in [6, 6.07) is 24.1. The van der Waals surface area contributed by atoms with Crippen LogP contribution < -0.4 is 16.0 Å². The van der Waals surface area contributed by atoms with Crippen molar-refractivity contribution in [2.45, 2.75) is 4.90 Å². The first-order chi connectivity index (χ1) is 20.6. The van der Waals surface area contributed by atoms with Crippen molar-refractivity contribution in [2.24, 2.45) is 0 Å². The van der Waals surface area contributed by atoms with Gasteiger partial charge in [-0.15, -0.1) is 11.8 Å². The highest BCUT2D eigenvalue weighted by Crippen LogP contribution is 2.28. The number of halogens is 3. The standard InChI is InChI=1S/C31H22Cl3N3O5S/c32-23-13-12-20(31(41)42)15-25(23)36-27(38)17-43-22-10-5-9-21(16-22)35-30(40)26(14-19-8-4-11-24(33)28(19)34)37-29(39)18-6-2-1-3-7-18/h1-16H,17H2,(H,35,40)(H,36,38)(H,37,39)(H,41,42)/b26-14+. The van der Waals surface area contributed by atoms with Crippen LogP contribution in [0.5, 0.6) is 0 Å². The quantitative estimate of drug-likeness (QED) is 0.104. The lowest BCUT2D eigenvalue weighted by molar-refractivity contribution is -0.114. The highest BCUT2D eigenvalue weighted by molar-refractivity contribution is 8.00. The van der Waals surface area contributed by atoms with Gasteiger partial charge in [-0.25, -0.2) is 4.79 Å². The van der Waals surface area contributed by atoms with Gasteiger partial charge in [-0.05, 0) is 66.2 Å². The summed E-state index contributed by atoms with van der Waals surface area (Å²) >= 11 is 19.7. The molecular weight excluding hydrogens is 633 g/mol.